The van der Waals surface area contributed by atoms with E-state index in [-0.39, 0.29) is 18.8 Å². The number of aliphatic hydroxyl groups is 1. The lowest BCUT2D eigenvalue weighted by Gasteiger charge is -2.15. The number of carbonyl (C=O) groups excluding carboxylic acids is 1. The van der Waals surface area contributed by atoms with Crippen LogP contribution in [-0.4, -0.2) is 33.2 Å². The summed E-state index contributed by atoms with van der Waals surface area (Å²) in [5.74, 6) is -1.55. The molecule has 0 saturated carbocycles. The van der Waals surface area contributed by atoms with Gasteiger partial charge in [0.1, 0.15) is 11.8 Å². The van der Waals surface area contributed by atoms with Crippen LogP contribution in [0.4, 0.5) is 0 Å². The fraction of sp³-hybridized carbons (Fsp3) is 0.176. The molecule has 0 fully saturated rings. The monoisotopic (exact) mass is 315 g/mol. The molecule has 2 rings (SSSR count). The summed E-state index contributed by atoms with van der Waals surface area (Å²) in [7, 11) is 0. The second-order valence-electron chi connectivity index (χ2n) is 5.09. The maximum atomic E-state index is 12.1. The fourth-order valence-corrected chi connectivity index (χ4v) is 2.07. The minimum absolute atomic E-state index is 0.0913. The third-order valence-electron chi connectivity index (χ3n) is 3.38. The second kappa shape index (κ2) is 7.42. The minimum Gasteiger partial charge on any atom is -0.508 e. The molecule has 4 N–H and O–H groups in total. The molecule has 0 aliphatic carbocycles. The molecule has 0 aliphatic rings. The molecule has 0 aromatic heterocycles. The van der Waals surface area contributed by atoms with Crippen LogP contribution >= 0.6 is 0 Å². The van der Waals surface area contributed by atoms with E-state index in [1.807, 2.05) is 0 Å². The zero-order valence-electron chi connectivity index (χ0n) is 12.3. The van der Waals surface area contributed by atoms with Gasteiger partial charge in [-0.3, -0.25) is 4.79 Å². The van der Waals surface area contributed by atoms with E-state index in [9.17, 15) is 19.8 Å². The third kappa shape index (κ3) is 4.55. The number of benzene rings is 2. The first-order chi connectivity index (χ1) is 11.0. The maximum Gasteiger partial charge on any atom is 0.326 e. The number of hydrogen-bond acceptors (Lipinski definition) is 4. The molecule has 0 saturated heterocycles. The van der Waals surface area contributed by atoms with E-state index in [1.54, 1.807) is 24.3 Å². The number of amides is 1. The molecular formula is C17H17NO5. The number of nitrogens with one attached hydrogen (secondary N) is 1. The van der Waals surface area contributed by atoms with Crippen molar-refractivity contribution < 1.29 is 24.9 Å². The van der Waals surface area contributed by atoms with Gasteiger partial charge in [0, 0.05) is 12.0 Å². The van der Waals surface area contributed by atoms with E-state index in [0.717, 1.165) is 0 Å². The first-order valence-electron chi connectivity index (χ1n) is 7.01. The molecule has 120 valence electrons. The van der Waals surface area contributed by atoms with Crippen molar-refractivity contribution in [3.8, 4) is 5.75 Å². The van der Waals surface area contributed by atoms with E-state index < -0.39 is 17.9 Å². The average Bonchev–Trinajstić information content (AvgIpc) is 2.56. The van der Waals surface area contributed by atoms with Gasteiger partial charge in [0.05, 0.1) is 6.61 Å². The molecule has 1 atom stereocenters. The topological polar surface area (TPSA) is 107 Å². The molecular weight excluding hydrogens is 298 g/mol. The van der Waals surface area contributed by atoms with Gasteiger partial charge in [0.15, 0.2) is 0 Å². The van der Waals surface area contributed by atoms with Gasteiger partial charge in [-0.15, -0.1) is 0 Å². The van der Waals surface area contributed by atoms with E-state index in [4.69, 9.17) is 5.11 Å². The summed E-state index contributed by atoms with van der Waals surface area (Å²) in [5, 5.41) is 29.9. The maximum absolute atomic E-state index is 12.1. The molecule has 6 heteroatoms. The standard InChI is InChI=1S/C17H17NO5/c19-10-12-1-5-13(6-2-12)16(21)18-15(17(22)23)9-11-3-7-14(20)8-4-11/h1-8,15,19-20H,9-10H2,(H,18,21)(H,22,23). The van der Waals surface area contributed by atoms with Crippen LogP contribution in [0.15, 0.2) is 48.5 Å². The van der Waals surface area contributed by atoms with E-state index in [1.165, 1.54) is 24.3 Å². The summed E-state index contributed by atoms with van der Waals surface area (Å²) < 4.78 is 0. The quantitative estimate of drug-likeness (QED) is 0.643. The van der Waals surface area contributed by atoms with E-state index in [0.29, 0.717) is 16.7 Å². The molecule has 0 radical (unpaired) electrons. The number of rotatable bonds is 6. The van der Waals surface area contributed by atoms with Crippen molar-refractivity contribution in [1.82, 2.24) is 5.32 Å². The van der Waals surface area contributed by atoms with Crippen molar-refractivity contribution in [2.24, 2.45) is 0 Å². The van der Waals surface area contributed by atoms with Crippen LogP contribution in [0, 0.1) is 0 Å². The number of carboxylic acid groups (broad SMARTS) is 1. The lowest BCUT2D eigenvalue weighted by molar-refractivity contribution is -0.139. The summed E-state index contributed by atoms with van der Waals surface area (Å²) in [4.78, 5) is 23.5. The van der Waals surface area contributed by atoms with E-state index in [2.05, 4.69) is 5.32 Å². The van der Waals surface area contributed by atoms with Crippen molar-refractivity contribution in [2.45, 2.75) is 19.1 Å². The Morgan fingerprint density at radius 1 is 0.957 bits per heavy atom. The van der Waals surface area contributed by atoms with Gasteiger partial charge in [0.25, 0.3) is 5.91 Å². The lowest BCUT2D eigenvalue weighted by atomic mass is 10.0. The van der Waals surface area contributed by atoms with Gasteiger partial charge in [-0.25, -0.2) is 4.79 Å². The fourth-order valence-electron chi connectivity index (χ4n) is 2.07. The van der Waals surface area contributed by atoms with Crippen LogP contribution in [0.3, 0.4) is 0 Å². The highest BCUT2D eigenvalue weighted by atomic mass is 16.4. The molecule has 0 bridgehead atoms. The Hall–Kier alpha value is -2.86. The summed E-state index contributed by atoms with van der Waals surface area (Å²) in [6.07, 6.45) is 0.107. The highest BCUT2D eigenvalue weighted by Crippen LogP contribution is 2.12. The Morgan fingerprint density at radius 2 is 1.52 bits per heavy atom. The Bertz CT molecular complexity index is 679. The lowest BCUT2D eigenvalue weighted by Crippen LogP contribution is -2.42. The van der Waals surface area contributed by atoms with Gasteiger partial charge in [-0.2, -0.15) is 0 Å². The largest absolute Gasteiger partial charge is 0.508 e. The van der Waals surface area contributed by atoms with Crippen molar-refractivity contribution in [3.05, 3.63) is 65.2 Å². The number of aliphatic hydroxyl groups excluding tert-OH is 1. The molecule has 23 heavy (non-hydrogen) atoms. The van der Waals surface area contributed by atoms with Crippen molar-refractivity contribution >= 4 is 11.9 Å². The first kappa shape index (κ1) is 16.5. The second-order valence-corrected chi connectivity index (χ2v) is 5.09. The highest BCUT2D eigenvalue weighted by Gasteiger charge is 2.21. The molecule has 0 aliphatic heterocycles. The Morgan fingerprint density at radius 3 is 2.04 bits per heavy atom. The zero-order valence-corrected chi connectivity index (χ0v) is 12.3. The van der Waals surface area contributed by atoms with Crippen LogP contribution in [0.25, 0.3) is 0 Å². The van der Waals surface area contributed by atoms with Crippen LogP contribution in [-0.2, 0) is 17.8 Å². The van der Waals surface area contributed by atoms with Gasteiger partial charge >= 0.3 is 5.97 Å². The number of aromatic hydroxyl groups is 1. The predicted molar refractivity (Wildman–Crippen MR) is 83.1 cm³/mol. The number of hydrogen-bond donors (Lipinski definition) is 4. The Kier molecular flexibility index (Phi) is 5.32. The molecule has 6 nitrogen and oxygen atoms in total. The number of aliphatic carboxylic acids is 1. The SMILES string of the molecule is O=C(NC(Cc1ccc(O)cc1)C(=O)O)c1ccc(CO)cc1. The summed E-state index contributed by atoms with van der Waals surface area (Å²) in [5.41, 5.74) is 1.67. The molecule has 2 aromatic rings. The zero-order chi connectivity index (χ0) is 16.8. The normalized spacial score (nSPS) is 11.7. The Labute approximate surface area is 133 Å². The smallest absolute Gasteiger partial charge is 0.326 e. The molecule has 0 heterocycles. The summed E-state index contributed by atoms with van der Waals surface area (Å²) in [6, 6.07) is 11.3. The van der Waals surface area contributed by atoms with Gasteiger partial charge in [0.2, 0.25) is 0 Å². The van der Waals surface area contributed by atoms with Gasteiger partial charge in [-0.05, 0) is 35.4 Å². The number of carbonyl (C=O) groups is 2. The van der Waals surface area contributed by atoms with Crippen LogP contribution in [0.1, 0.15) is 21.5 Å². The van der Waals surface area contributed by atoms with Gasteiger partial charge in [-0.1, -0.05) is 24.3 Å². The highest BCUT2D eigenvalue weighted by molar-refractivity contribution is 5.96. The van der Waals surface area contributed by atoms with E-state index >= 15 is 0 Å². The van der Waals surface area contributed by atoms with Gasteiger partial charge < -0.3 is 20.6 Å². The number of phenolic OH excluding ortho intramolecular Hbond substituents is 1. The van der Waals surface area contributed by atoms with Crippen molar-refractivity contribution in [1.29, 1.82) is 0 Å². The van der Waals surface area contributed by atoms with Crippen LogP contribution in [0.5, 0.6) is 5.75 Å². The van der Waals surface area contributed by atoms with Crippen LogP contribution < -0.4 is 5.32 Å². The molecule has 2 aromatic carbocycles. The first-order valence-corrected chi connectivity index (χ1v) is 7.01. The third-order valence-corrected chi connectivity index (χ3v) is 3.38. The summed E-state index contributed by atoms with van der Waals surface area (Å²) >= 11 is 0. The van der Waals surface area contributed by atoms with Crippen molar-refractivity contribution in [3.63, 3.8) is 0 Å². The predicted octanol–water partition coefficient (Wildman–Crippen LogP) is 1.31. The number of phenols is 1. The molecule has 0 spiro atoms. The van der Waals surface area contributed by atoms with Crippen LogP contribution in [0.2, 0.25) is 0 Å². The average molecular weight is 315 g/mol. The number of carboxylic acids is 1. The molecule has 1 amide bonds. The Balaban J connectivity index is 2.07. The summed E-state index contributed by atoms with van der Waals surface area (Å²) in [6.45, 7) is -0.125. The minimum atomic E-state index is -1.14. The van der Waals surface area contributed by atoms with Crippen molar-refractivity contribution in [2.75, 3.05) is 0 Å². The molecule has 1 unspecified atom stereocenters.